The minimum atomic E-state index is 0.0363. The molecule has 2 aliphatic rings. The molecule has 7 heteroatoms. The maximum atomic E-state index is 12.9. The van der Waals surface area contributed by atoms with Crippen molar-refractivity contribution in [2.45, 2.75) is 32.5 Å². The number of carbonyl (C=O) groups is 1. The van der Waals surface area contributed by atoms with Crippen LogP contribution in [0.1, 0.15) is 19.6 Å². The summed E-state index contributed by atoms with van der Waals surface area (Å²) in [6, 6.07) is 12.6. The Morgan fingerprint density at radius 3 is 2.53 bits per heavy atom. The molecule has 3 heterocycles. The molecular weight excluding hydrogens is 380 g/mol. The number of carbonyl (C=O) groups excluding carboxylic acids is 1. The average molecular weight is 413 g/mol. The molecule has 1 aromatic carbocycles. The summed E-state index contributed by atoms with van der Waals surface area (Å²) in [6.07, 6.45) is 1.72. The first kappa shape index (κ1) is 20.9. The molecule has 0 saturated carbocycles. The molecular formula is C23H32N4O3. The zero-order valence-electron chi connectivity index (χ0n) is 17.9. The maximum Gasteiger partial charge on any atom is 0.238 e. The van der Waals surface area contributed by atoms with Crippen LogP contribution in [-0.2, 0) is 16.1 Å². The summed E-state index contributed by atoms with van der Waals surface area (Å²) >= 11 is 0. The van der Waals surface area contributed by atoms with E-state index in [1.165, 1.54) is 0 Å². The van der Waals surface area contributed by atoms with E-state index in [0.29, 0.717) is 18.6 Å². The monoisotopic (exact) mass is 412 g/mol. The Morgan fingerprint density at radius 2 is 1.77 bits per heavy atom. The third kappa shape index (κ3) is 5.03. The van der Waals surface area contributed by atoms with Gasteiger partial charge in [-0.15, -0.1) is 0 Å². The van der Waals surface area contributed by atoms with E-state index in [9.17, 15) is 4.79 Å². The van der Waals surface area contributed by atoms with Gasteiger partial charge in [-0.3, -0.25) is 14.6 Å². The number of piperazine rings is 1. The van der Waals surface area contributed by atoms with Crippen LogP contribution in [0.3, 0.4) is 0 Å². The van der Waals surface area contributed by atoms with Gasteiger partial charge in [0.1, 0.15) is 5.76 Å². The normalized spacial score (nSPS) is 23.5. The van der Waals surface area contributed by atoms with Gasteiger partial charge in [0.2, 0.25) is 5.91 Å². The number of morpholine rings is 1. The van der Waals surface area contributed by atoms with Gasteiger partial charge in [0.15, 0.2) is 0 Å². The molecule has 1 amide bonds. The molecule has 0 aliphatic carbocycles. The Hall–Kier alpha value is -2.35. The molecule has 2 fully saturated rings. The van der Waals surface area contributed by atoms with Crippen LogP contribution in [0, 0.1) is 0 Å². The van der Waals surface area contributed by atoms with Crippen molar-refractivity contribution in [2.24, 2.45) is 0 Å². The number of benzene rings is 1. The predicted octanol–water partition coefficient (Wildman–Crippen LogP) is 2.65. The lowest BCUT2D eigenvalue weighted by molar-refractivity contribution is -0.118. The molecule has 0 unspecified atom stereocenters. The molecule has 162 valence electrons. The van der Waals surface area contributed by atoms with Crippen LogP contribution in [0.2, 0.25) is 0 Å². The maximum absolute atomic E-state index is 12.9. The number of furan rings is 1. The summed E-state index contributed by atoms with van der Waals surface area (Å²) in [6.45, 7) is 10.5. The molecule has 2 saturated heterocycles. The summed E-state index contributed by atoms with van der Waals surface area (Å²) < 4.78 is 11.0. The van der Waals surface area contributed by atoms with E-state index in [1.807, 2.05) is 30.3 Å². The molecule has 30 heavy (non-hydrogen) atoms. The molecule has 1 aromatic heterocycles. The number of nitrogens with zero attached hydrogens (tertiary/aromatic N) is 3. The largest absolute Gasteiger partial charge is 0.468 e. The SMILES string of the molecule is C[C@@H]1CN(Cc2ccco2)[C@H](C)CN1CC(=O)Nc1ccccc1N1CCOCC1. The summed E-state index contributed by atoms with van der Waals surface area (Å²) in [5.41, 5.74) is 1.94. The number of rotatable bonds is 6. The Bertz CT molecular complexity index is 820. The Balaban J connectivity index is 1.34. The Labute approximate surface area is 178 Å². The van der Waals surface area contributed by atoms with Crippen LogP contribution in [-0.4, -0.2) is 73.7 Å². The highest BCUT2D eigenvalue weighted by Gasteiger charge is 2.30. The van der Waals surface area contributed by atoms with Crippen molar-refractivity contribution in [1.29, 1.82) is 0 Å². The summed E-state index contributed by atoms with van der Waals surface area (Å²) in [5, 5.41) is 3.15. The Kier molecular flexibility index (Phi) is 6.72. The van der Waals surface area contributed by atoms with Crippen LogP contribution in [0.25, 0.3) is 0 Å². The minimum Gasteiger partial charge on any atom is -0.468 e. The highest BCUT2D eigenvalue weighted by Crippen LogP contribution is 2.26. The smallest absolute Gasteiger partial charge is 0.238 e. The number of anilines is 2. The first-order valence-corrected chi connectivity index (χ1v) is 10.8. The second-order valence-corrected chi connectivity index (χ2v) is 8.30. The van der Waals surface area contributed by atoms with Crippen molar-refractivity contribution in [3.8, 4) is 0 Å². The van der Waals surface area contributed by atoms with E-state index in [4.69, 9.17) is 9.15 Å². The fourth-order valence-corrected chi connectivity index (χ4v) is 4.35. The van der Waals surface area contributed by atoms with Gasteiger partial charge in [0.25, 0.3) is 0 Å². The highest BCUT2D eigenvalue weighted by atomic mass is 16.5. The van der Waals surface area contributed by atoms with E-state index >= 15 is 0 Å². The van der Waals surface area contributed by atoms with Crippen molar-refractivity contribution < 1.29 is 13.9 Å². The molecule has 2 aromatic rings. The molecule has 2 aliphatic heterocycles. The second-order valence-electron chi connectivity index (χ2n) is 8.30. The summed E-state index contributed by atoms with van der Waals surface area (Å²) in [7, 11) is 0. The van der Waals surface area contributed by atoms with Gasteiger partial charge in [-0.25, -0.2) is 0 Å². The first-order valence-electron chi connectivity index (χ1n) is 10.8. The van der Waals surface area contributed by atoms with Crippen LogP contribution in [0.15, 0.2) is 47.1 Å². The minimum absolute atomic E-state index is 0.0363. The lowest BCUT2D eigenvalue weighted by Gasteiger charge is -2.43. The van der Waals surface area contributed by atoms with E-state index in [-0.39, 0.29) is 5.91 Å². The molecule has 0 bridgehead atoms. The number of hydrogen-bond donors (Lipinski definition) is 1. The van der Waals surface area contributed by atoms with E-state index in [2.05, 4.69) is 39.9 Å². The van der Waals surface area contributed by atoms with Gasteiger partial charge in [0.05, 0.1) is 43.9 Å². The van der Waals surface area contributed by atoms with Gasteiger partial charge in [-0.1, -0.05) is 12.1 Å². The number of nitrogens with one attached hydrogen (secondary N) is 1. The molecule has 1 N–H and O–H groups in total. The summed E-state index contributed by atoms with van der Waals surface area (Å²) in [5.74, 6) is 1.02. The molecule has 0 radical (unpaired) electrons. The molecule has 2 atom stereocenters. The second kappa shape index (κ2) is 9.64. The van der Waals surface area contributed by atoms with Gasteiger partial charge in [0, 0.05) is 38.3 Å². The van der Waals surface area contributed by atoms with Crippen molar-refractivity contribution in [3.05, 3.63) is 48.4 Å². The topological polar surface area (TPSA) is 61.2 Å². The number of ether oxygens (including phenoxy) is 1. The van der Waals surface area contributed by atoms with Gasteiger partial charge in [-0.05, 0) is 38.1 Å². The number of amides is 1. The summed E-state index contributed by atoms with van der Waals surface area (Å²) in [4.78, 5) is 19.9. The van der Waals surface area contributed by atoms with E-state index < -0.39 is 0 Å². The average Bonchev–Trinajstić information content (AvgIpc) is 3.26. The quantitative estimate of drug-likeness (QED) is 0.787. The van der Waals surface area contributed by atoms with Crippen molar-refractivity contribution >= 4 is 17.3 Å². The lowest BCUT2D eigenvalue weighted by atomic mass is 10.1. The fourth-order valence-electron chi connectivity index (χ4n) is 4.35. The lowest BCUT2D eigenvalue weighted by Crippen LogP contribution is -2.57. The van der Waals surface area contributed by atoms with Crippen molar-refractivity contribution in [1.82, 2.24) is 9.80 Å². The Morgan fingerprint density at radius 1 is 1.03 bits per heavy atom. The molecule has 7 nitrogen and oxygen atoms in total. The fraction of sp³-hybridized carbons (Fsp3) is 0.522. The van der Waals surface area contributed by atoms with Crippen molar-refractivity contribution in [2.75, 3.05) is 56.2 Å². The van der Waals surface area contributed by atoms with Gasteiger partial charge < -0.3 is 19.4 Å². The van der Waals surface area contributed by atoms with Gasteiger partial charge >= 0.3 is 0 Å². The zero-order valence-corrected chi connectivity index (χ0v) is 17.9. The zero-order chi connectivity index (χ0) is 20.9. The van der Waals surface area contributed by atoms with Crippen LogP contribution in [0.4, 0.5) is 11.4 Å². The van der Waals surface area contributed by atoms with Crippen LogP contribution < -0.4 is 10.2 Å². The van der Waals surface area contributed by atoms with Crippen LogP contribution in [0.5, 0.6) is 0 Å². The first-order chi connectivity index (χ1) is 14.6. The number of para-hydroxylation sites is 2. The van der Waals surface area contributed by atoms with E-state index in [0.717, 1.165) is 63.1 Å². The van der Waals surface area contributed by atoms with Gasteiger partial charge in [-0.2, -0.15) is 0 Å². The third-order valence-corrected chi connectivity index (χ3v) is 6.06. The van der Waals surface area contributed by atoms with Crippen LogP contribution >= 0.6 is 0 Å². The third-order valence-electron chi connectivity index (χ3n) is 6.06. The predicted molar refractivity (Wildman–Crippen MR) is 118 cm³/mol. The molecule has 4 rings (SSSR count). The number of hydrogen-bond acceptors (Lipinski definition) is 6. The van der Waals surface area contributed by atoms with E-state index in [1.54, 1.807) is 6.26 Å². The molecule has 0 spiro atoms. The standard InChI is InChI=1S/C23H32N4O3/c1-18-15-27(19(2)14-26(18)16-20-6-5-11-30-20)17-23(28)24-21-7-3-4-8-22(21)25-9-12-29-13-10-25/h3-8,11,18-19H,9-10,12-17H2,1-2H3,(H,24,28)/t18-,19-/m1/s1. The van der Waals surface area contributed by atoms with Crippen molar-refractivity contribution in [3.63, 3.8) is 0 Å². The highest BCUT2D eigenvalue weighted by molar-refractivity contribution is 5.95.